The Kier molecular flexibility index (Phi) is 4.92. The van der Waals surface area contributed by atoms with E-state index in [0.717, 1.165) is 25.7 Å². The second-order valence-electron chi connectivity index (χ2n) is 5.02. The lowest BCUT2D eigenvalue weighted by atomic mass is 9.87. The second-order valence-corrected chi connectivity index (χ2v) is 7.80. The molecule has 0 heterocycles. The van der Waals surface area contributed by atoms with Gasteiger partial charge in [0, 0.05) is 13.1 Å². The van der Waals surface area contributed by atoms with Crippen molar-refractivity contribution in [2.75, 3.05) is 7.05 Å². The van der Waals surface area contributed by atoms with Crippen molar-refractivity contribution in [1.29, 1.82) is 0 Å². The summed E-state index contributed by atoms with van der Waals surface area (Å²) in [6.45, 7) is 3.77. The van der Waals surface area contributed by atoms with Crippen LogP contribution in [-0.2, 0) is 10.0 Å². The standard InChI is InChI=1S/C11H22N2O2S2/c1-8-4-6-10(7-5-8)13(3)17(14,15)9(2)11(12)16/h8-10H,4-7H2,1-3H3,(H2,12,16). The Labute approximate surface area is 110 Å². The van der Waals surface area contributed by atoms with Gasteiger partial charge in [0.05, 0.1) is 4.99 Å². The van der Waals surface area contributed by atoms with Gasteiger partial charge >= 0.3 is 0 Å². The summed E-state index contributed by atoms with van der Waals surface area (Å²) in [6, 6.07) is 0.105. The largest absolute Gasteiger partial charge is 0.392 e. The van der Waals surface area contributed by atoms with Gasteiger partial charge in [0.25, 0.3) is 0 Å². The highest BCUT2D eigenvalue weighted by molar-refractivity contribution is 7.92. The van der Waals surface area contributed by atoms with Crippen LogP contribution in [0.4, 0.5) is 0 Å². The molecule has 4 nitrogen and oxygen atoms in total. The summed E-state index contributed by atoms with van der Waals surface area (Å²) >= 11 is 4.78. The summed E-state index contributed by atoms with van der Waals surface area (Å²) in [4.78, 5) is 0.0426. The maximum absolute atomic E-state index is 12.2. The van der Waals surface area contributed by atoms with Crippen LogP contribution in [0.5, 0.6) is 0 Å². The summed E-state index contributed by atoms with van der Waals surface area (Å²) < 4.78 is 25.9. The Balaban J connectivity index is 2.75. The molecular weight excluding hydrogens is 256 g/mol. The van der Waals surface area contributed by atoms with Crippen LogP contribution >= 0.6 is 12.2 Å². The number of hydrogen-bond acceptors (Lipinski definition) is 3. The van der Waals surface area contributed by atoms with Gasteiger partial charge in [0.1, 0.15) is 5.25 Å². The minimum absolute atomic E-state index is 0.0426. The first-order valence-corrected chi connectivity index (χ1v) is 7.94. The fourth-order valence-corrected chi connectivity index (χ4v) is 3.99. The van der Waals surface area contributed by atoms with Crippen molar-refractivity contribution in [3.05, 3.63) is 0 Å². The zero-order valence-electron chi connectivity index (χ0n) is 10.7. The number of sulfonamides is 1. The van der Waals surface area contributed by atoms with E-state index in [0.29, 0.717) is 5.92 Å². The Bertz CT molecular complexity index is 373. The second kappa shape index (κ2) is 5.63. The zero-order chi connectivity index (χ0) is 13.2. The van der Waals surface area contributed by atoms with E-state index in [1.54, 1.807) is 14.0 Å². The number of hydrogen-bond donors (Lipinski definition) is 1. The molecule has 1 rings (SSSR count). The molecule has 1 saturated carbocycles. The molecule has 1 aliphatic rings. The fraction of sp³-hybridized carbons (Fsp3) is 0.909. The van der Waals surface area contributed by atoms with Crippen LogP contribution in [0.1, 0.15) is 39.5 Å². The molecular formula is C11H22N2O2S2. The molecule has 0 saturated heterocycles. The van der Waals surface area contributed by atoms with Gasteiger partial charge in [-0.05, 0) is 38.5 Å². The van der Waals surface area contributed by atoms with E-state index in [1.807, 2.05) is 0 Å². The number of rotatable bonds is 4. The number of thiocarbonyl (C=S) groups is 1. The Morgan fingerprint density at radius 2 is 1.82 bits per heavy atom. The average molecular weight is 278 g/mol. The van der Waals surface area contributed by atoms with Gasteiger partial charge in [-0.2, -0.15) is 0 Å². The Hall–Kier alpha value is -0.200. The van der Waals surface area contributed by atoms with Gasteiger partial charge in [-0.15, -0.1) is 0 Å². The predicted molar refractivity (Wildman–Crippen MR) is 74.4 cm³/mol. The fourth-order valence-electron chi connectivity index (χ4n) is 2.21. The number of nitrogens with two attached hydrogens (primary N) is 1. The van der Waals surface area contributed by atoms with Gasteiger partial charge < -0.3 is 5.73 Å². The molecule has 0 spiro atoms. The minimum atomic E-state index is -3.39. The van der Waals surface area contributed by atoms with Crippen molar-refractivity contribution in [1.82, 2.24) is 4.31 Å². The molecule has 0 aromatic heterocycles. The van der Waals surface area contributed by atoms with Crippen molar-refractivity contribution < 1.29 is 8.42 Å². The van der Waals surface area contributed by atoms with Crippen molar-refractivity contribution in [2.24, 2.45) is 11.7 Å². The quantitative estimate of drug-likeness (QED) is 0.792. The third-order valence-electron chi connectivity index (χ3n) is 3.75. The summed E-state index contributed by atoms with van der Waals surface area (Å²) in [6.07, 6.45) is 4.04. The van der Waals surface area contributed by atoms with Crippen LogP contribution in [0.15, 0.2) is 0 Å². The molecule has 1 fully saturated rings. The summed E-state index contributed by atoms with van der Waals surface area (Å²) in [5.74, 6) is 0.704. The highest BCUT2D eigenvalue weighted by Gasteiger charge is 2.34. The molecule has 1 atom stereocenters. The molecule has 0 aromatic carbocycles. The topological polar surface area (TPSA) is 63.4 Å². The van der Waals surface area contributed by atoms with Gasteiger partial charge in [-0.3, -0.25) is 0 Å². The van der Waals surface area contributed by atoms with E-state index in [-0.39, 0.29) is 11.0 Å². The van der Waals surface area contributed by atoms with Gasteiger partial charge in [-0.25, -0.2) is 12.7 Å². The molecule has 0 radical (unpaired) electrons. The van der Waals surface area contributed by atoms with Crippen LogP contribution in [0.25, 0.3) is 0 Å². The Morgan fingerprint density at radius 1 is 1.35 bits per heavy atom. The van der Waals surface area contributed by atoms with Crippen LogP contribution in [0.3, 0.4) is 0 Å². The third kappa shape index (κ3) is 3.39. The minimum Gasteiger partial charge on any atom is -0.392 e. The maximum atomic E-state index is 12.2. The normalized spacial score (nSPS) is 28.0. The van der Waals surface area contributed by atoms with Crippen LogP contribution < -0.4 is 5.73 Å². The van der Waals surface area contributed by atoms with Crippen molar-refractivity contribution in [2.45, 2.75) is 50.8 Å². The van der Waals surface area contributed by atoms with Gasteiger partial charge in [-0.1, -0.05) is 19.1 Å². The summed E-state index contributed by atoms with van der Waals surface area (Å²) in [5.41, 5.74) is 5.44. The van der Waals surface area contributed by atoms with Crippen molar-refractivity contribution >= 4 is 27.2 Å². The summed E-state index contributed by atoms with van der Waals surface area (Å²) in [7, 11) is -1.74. The average Bonchev–Trinajstić information content (AvgIpc) is 2.27. The van der Waals surface area contributed by atoms with Crippen LogP contribution in [0, 0.1) is 5.92 Å². The van der Waals surface area contributed by atoms with Gasteiger partial charge in [0.2, 0.25) is 10.0 Å². The van der Waals surface area contributed by atoms with E-state index in [2.05, 4.69) is 6.92 Å². The third-order valence-corrected chi connectivity index (χ3v) is 6.50. The molecule has 0 amide bonds. The molecule has 100 valence electrons. The summed E-state index contributed by atoms with van der Waals surface area (Å²) in [5, 5.41) is -0.776. The van der Waals surface area contributed by atoms with E-state index < -0.39 is 15.3 Å². The highest BCUT2D eigenvalue weighted by Crippen LogP contribution is 2.28. The lowest BCUT2D eigenvalue weighted by Crippen LogP contribution is -2.46. The predicted octanol–water partition coefficient (Wildman–Crippen LogP) is 1.50. The molecule has 1 aliphatic carbocycles. The molecule has 2 N–H and O–H groups in total. The maximum Gasteiger partial charge on any atom is 0.223 e. The van der Waals surface area contributed by atoms with E-state index >= 15 is 0 Å². The molecule has 0 aliphatic heterocycles. The molecule has 6 heteroatoms. The SMILES string of the molecule is CC1CCC(N(C)S(=O)(=O)C(C)C(N)=S)CC1. The monoisotopic (exact) mass is 278 g/mol. The van der Waals surface area contributed by atoms with Crippen LogP contribution in [-0.4, -0.2) is 36.1 Å². The van der Waals surface area contributed by atoms with Crippen LogP contribution in [0.2, 0.25) is 0 Å². The Morgan fingerprint density at radius 3 is 2.24 bits per heavy atom. The zero-order valence-corrected chi connectivity index (χ0v) is 12.4. The smallest absolute Gasteiger partial charge is 0.223 e. The number of nitrogens with zero attached hydrogens (tertiary/aromatic N) is 1. The van der Waals surface area contributed by atoms with Crippen molar-refractivity contribution in [3.63, 3.8) is 0 Å². The highest BCUT2D eigenvalue weighted by atomic mass is 32.2. The van der Waals surface area contributed by atoms with E-state index in [9.17, 15) is 8.42 Å². The first kappa shape index (κ1) is 14.9. The molecule has 17 heavy (non-hydrogen) atoms. The molecule has 0 bridgehead atoms. The van der Waals surface area contributed by atoms with Gasteiger partial charge in [0.15, 0.2) is 0 Å². The lowest BCUT2D eigenvalue weighted by Gasteiger charge is -2.34. The van der Waals surface area contributed by atoms with E-state index in [1.165, 1.54) is 4.31 Å². The lowest BCUT2D eigenvalue weighted by molar-refractivity contribution is 0.245. The van der Waals surface area contributed by atoms with Crippen molar-refractivity contribution in [3.8, 4) is 0 Å². The molecule has 1 unspecified atom stereocenters. The molecule has 0 aromatic rings. The first-order valence-electron chi connectivity index (χ1n) is 6.03. The first-order chi connectivity index (χ1) is 7.76. The van der Waals surface area contributed by atoms with E-state index in [4.69, 9.17) is 18.0 Å².